The zero-order valence-corrected chi connectivity index (χ0v) is 5.82. The van der Waals surface area contributed by atoms with Gasteiger partial charge in [-0.3, -0.25) is 0 Å². The number of allylic oxidation sites excluding steroid dienone is 2. The molecule has 0 aliphatic heterocycles. The molecule has 0 fully saturated rings. The van der Waals surface area contributed by atoms with Crippen LogP contribution in [-0.2, 0) is 4.79 Å². The first-order chi connectivity index (χ1) is 4.63. The van der Waals surface area contributed by atoms with Crippen LogP contribution in [0, 0.1) is 0 Å². The van der Waals surface area contributed by atoms with Crippen LogP contribution in [0.5, 0.6) is 0 Å². The average Bonchev–Trinajstić information content (AvgIpc) is 1.79. The van der Waals surface area contributed by atoms with Gasteiger partial charge in [-0.2, -0.15) is 0 Å². The van der Waals surface area contributed by atoms with Gasteiger partial charge in [0.05, 0.1) is 0 Å². The Labute approximate surface area is 59.8 Å². The maximum Gasteiger partial charge on any atom is 0.328 e. The Morgan fingerprint density at radius 3 is 2.60 bits per heavy atom. The number of carboxylic acids is 1. The van der Waals surface area contributed by atoms with Crippen molar-refractivity contribution in [2.45, 2.75) is 13.0 Å². The van der Waals surface area contributed by atoms with E-state index < -0.39 is 5.97 Å². The van der Waals surface area contributed by atoms with Crippen LogP contribution in [0.3, 0.4) is 0 Å². The average molecular weight is 141 g/mol. The molecule has 3 N–H and O–H groups in total. The number of aliphatic carboxylic acids is 1. The van der Waals surface area contributed by atoms with E-state index in [0.717, 1.165) is 6.08 Å². The van der Waals surface area contributed by atoms with Crippen LogP contribution >= 0.6 is 0 Å². The lowest BCUT2D eigenvalue weighted by molar-refractivity contribution is -0.131. The smallest absolute Gasteiger partial charge is 0.328 e. The van der Waals surface area contributed by atoms with Crippen molar-refractivity contribution in [2.24, 2.45) is 5.73 Å². The van der Waals surface area contributed by atoms with E-state index in [4.69, 9.17) is 10.8 Å². The minimum atomic E-state index is -0.950. The van der Waals surface area contributed by atoms with Gasteiger partial charge < -0.3 is 10.8 Å². The van der Waals surface area contributed by atoms with Crippen LogP contribution in [0.2, 0.25) is 0 Å². The highest BCUT2D eigenvalue weighted by molar-refractivity contribution is 5.80. The van der Waals surface area contributed by atoms with Gasteiger partial charge in [0, 0.05) is 12.1 Å². The first kappa shape index (κ1) is 8.91. The molecule has 0 saturated heterocycles. The molecule has 0 aromatic carbocycles. The van der Waals surface area contributed by atoms with Gasteiger partial charge in [0.25, 0.3) is 0 Å². The van der Waals surface area contributed by atoms with Crippen molar-refractivity contribution in [1.29, 1.82) is 0 Å². The standard InChI is InChI=1S/C7H11NO2/c1-6(8)4-2-3-5-7(9)10/h2-6H,8H2,1H3,(H,9,10). The van der Waals surface area contributed by atoms with Gasteiger partial charge >= 0.3 is 5.97 Å². The number of hydrogen-bond donors (Lipinski definition) is 2. The predicted molar refractivity (Wildman–Crippen MR) is 39.6 cm³/mol. The van der Waals surface area contributed by atoms with Crippen LogP contribution in [-0.4, -0.2) is 17.1 Å². The first-order valence-corrected chi connectivity index (χ1v) is 2.96. The summed E-state index contributed by atoms with van der Waals surface area (Å²) in [6.45, 7) is 1.81. The molecular formula is C7H11NO2. The second kappa shape index (κ2) is 4.76. The summed E-state index contributed by atoms with van der Waals surface area (Å²) in [5, 5.41) is 8.13. The summed E-state index contributed by atoms with van der Waals surface area (Å²) >= 11 is 0. The molecule has 0 aromatic heterocycles. The minimum absolute atomic E-state index is 0.0292. The summed E-state index contributed by atoms with van der Waals surface area (Å²) in [7, 11) is 0. The van der Waals surface area contributed by atoms with Crippen LogP contribution in [0.4, 0.5) is 0 Å². The van der Waals surface area contributed by atoms with Crippen molar-refractivity contribution in [3.05, 3.63) is 24.3 Å². The van der Waals surface area contributed by atoms with Crippen molar-refractivity contribution in [2.75, 3.05) is 0 Å². The highest BCUT2D eigenvalue weighted by atomic mass is 16.4. The summed E-state index contributed by atoms with van der Waals surface area (Å²) in [5.41, 5.74) is 5.34. The molecule has 0 bridgehead atoms. The zero-order valence-electron chi connectivity index (χ0n) is 5.82. The SMILES string of the molecule is CC(N)C=CC=CC(=O)O. The third-order valence-electron chi connectivity index (χ3n) is 0.765. The first-order valence-electron chi connectivity index (χ1n) is 2.96. The minimum Gasteiger partial charge on any atom is -0.478 e. The Bertz CT molecular complexity index is 159. The fourth-order valence-electron chi connectivity index (χ4n) is 0.377. The fourth-order valence-corrected chi connectivity index (χ4v) is 0.377. The van der Waals surface area contributed by atoms with Gasteiger partial charge in [-0.05, 0) is 6.92 Å². The van der Waals surface area contributed by atoms with E-state index in [-0.39, 0.29) is 6.04 Å². The molecule has 3 heteroatoms. The highest BCUT2D eigenvalue weighted by Crippen LogP contribution is 1.80. The Hall–Kier alpha value is -1.09. The Kier molecular flexibility index (Phi) is 4.24. The third kappa shape index (κ3) is 6.91. The van der Waals surface area contributed by atoms with Crippen LogP contribution in [0.15, 0.2) is 24.3 Å². The lowest BCUT2D eigenvalue weighted by atomic mass is 10.3. The Morgan fingerprint density at radius 1 is 1.60 bits per heavy atom. The normalized spacial score (nSPS) is 14.6. The molecule has 1 atom stereocenters. The van der Waals surface area contributed by atoms with Crippen molar-refractivity contribution in [1.82, 2.24) is 0 Å². The summed E-state index contributed by atoms with van der Waals surface area (Å²) < 4.78 is 0. The molecule has 0 heterocycles. The second-order valence-electron chi connectivity index (χ2n) is 1.94. The van der Waals surface area contributed by atoms with E-state index in [2.05, 4.69) is 0 Å². The lowest BCUT2D eigenvalue weighted by Gasteiger charge is -1.89. The summed E-state index contributed by atoms with van der Waals surface area (Å²) in [4.78, 5) is 9.89. The molecule has 0 radical (unpaired) electrons. The Balaban J connectivity index is 3.62. The molecular weight excluding hydrogens is 130 g/mol. The van der Waals surface area contributed by atoms with Crippen LogP contribution < -0.4 is 5.73 Å². The molecule has 0 aliphatic rings. The van der Waals surface area contributed by atoms with Gasteiger partial charge in [0.2, 0.25) is 0 Å². The highest BCUT2D eigenvalue weighted by Gasteiger charge is 1.82. The zero-order chi connectivity index (χ0) is 7.98. The van der Waals surface area contributed by atoms with Gasteiger partial charge in [0.1, 0.15) is 0 Å². The van der Waals surface area contributed by atoms with Gasteiger partial charge in [0.15, 0.2) is 0 Å². The van der Waals surface area contributed by atoms with Crippen molar-refractivity contribution < 1.29 is 9.90 Å². The maximum absolute atomic E-state index is 9.89. The number of nitrogens with two attached hydrogens (primary N) is 1. The molecule has 3 nitrogen and oxygen atoms in total. The van der Waals surface area contributed by atoms with E-state index in [0.29, 0.717) is 0 Å². The molecule has 0 rings (SSSR count). The molecule has 0 saturated carbocycles. The summed E-state index contributed by atoms with van der Waals surface area (Å²) in [5.74, 6) is -0.950. The van der Waals surface area contributed by atoms with Gasteiger partial charge in [-0.1, -0.05) is 18.2 Å². The van der Waals surface area contributed by atoms with Crippen molar-refractivity contribution in [3.8, 4) is 0 Å². The fraction of sp³-hybridized carbons (Fsp3) is 0.286. The van der Waals surface area contributed by atoms with E-state index in [1.165, 1.54) is 6.08 Å². The van der Waals surface area contributed by atoms with Crippen molar-refractivity contribution in [3.63, 3.8) is 0 Å². The van der Waals surface area contributed by atoms with E-state index in [1.807, 2.05) is 6.92 Å². The topological polar surface area (TPSA) is 63.3 Å². The van der Waals surface area contributed by atoms with Crippen LogP contribution in [0.1, 0.15) is 6.92 Å². The number of carboxylic acid groups (broad SMARTS) is 1. The second-order valence-corrected chi connectivity index (χ2v) is 1.94. The lowest BCUT2D eigenvalue weighted by Crippen LogP contribution is -2.09. The van der Waals surface area contributed by atoms with E-state index >= 15 is 0 Å². The Morgan fingerprint density at radius 2 is 2.20 bits per heavy atom. The molecule has 0 amide bonds. The molecule has 0 aromatic rings. The molecule has 56 valence electrons. The quantitative estimate of drug-likeness (QED) is 0.445. The largest absolute Gasteiger partial charge is 0.478 e. The molecule has 10 heavy (non-hydrogen) atoms. The monoisotopic (exact) mass is 141 g/mol. The molecule has 0 aliphatic carbocycles. The number of hydrogen-bond acceptors (Lipinski definition) is 2. The third-order valence-corrected chi connectivity index (χ3v) is 0.765. The number of rotatable bonds is 3. The van der Waals surface area contributed by atoms with Gasteiger partial charge in [-0.15, -0.1) is 0 Å². The number of carbonyl (C=O) groups is 1. The molecule has 0 spiro atoms. The molecule has 1 unspecified atom stereocenters. The van der Waals surface area contributed by atoms with E-state index in [1.54, 1.807) is 12.2 Å². The maximum atomic E-state index is 9.89. The van der Waals surface area contributed by atoms with Crippen LogP contribution in [0.25, 0.3) is 0 Å². The summed E-state index contributed by atoms with van der Waals surface area (Å²) in [6, 6.07) is -0.0292. The summed E-state index contributed by atoms with van der Waals surface area (Å²) in [6.07, 6.45) is 5.81. The predicted octanol–water partition coefficient (Wildman–Crippen LogP) is 0.531. The van der Waals surface area contributed by atoms with E-state index in [9.17, 15) is 4.79 Å². The van der Waals surface area contributed by atoms with Crippen molar-refractivity contribution >= 4 is 5.97 Å². The van der Waals surface area contributed by atoms with Gasteiger partial charge in [-0.25, -0.2) is 4.79 Å².